The average Bonchev–Trinajstić information content (AvgIpc) is 3.15. The normalized spacial score (nSPS) is 16.2. The molecular weight excluding hydrogens is 266 g/mol. The van der Waals surface area contributed by atoms with Crippen molar-refractivity contribution >= 4 is 17.7 Å². The molecule has 6 nitrogen and oxygen atoms in total. The van der Waals surface area contributed by atoms with Crippen LogP contribution >= 0.6 is 11.8 Å². The third-order valence-electron chi connectivity index (χ3n) is 3.42. The van der Waals surface area contributed by atoms with Crippen LogP contribution in [0.5, 0.6) is 0 Å². The van der Waals surface area contributed by atoms with Gasteiger partial charge in [-0.2, -0.15) is 4.98 Å². The molecular formula is C12H17N3O3S. The van der Waals surface area contributed by atoms with Gasteiger partial charge in [-0.1, -0.05) is 0 Å². The third-order valence-corrected chi connectivity index (χ3v) is 4.11. The summed E-state index contributed by atoms with van der Waals surface area (Å²) < 4.78 is 0. The lowest BCUT2D eigenvalue weighted by Gasteiger charge is -2.14. The quantitative estimate of drug-likeness (QED) is 0.534. The van der Waals surface area contributed by atoms with Gasteiger partial charge in [0.1, 0.15) is 5.03 Å². The van der Waals surface area contributed by atoms with Crippen molar-refractivity contribution in [1.29, 1.82) is 0 Å². The lowest BCUT2D eigenvalue weighted by atomic mass is 10.1. The summed E-state index contributed by atoms with van der Waals surface area (Å²) in [6.45, 7) is 2.22. The molecule has 0 atom stereocenters. The number of amides is 1. The van der Waals surface area contributed by atoms with Crippen LogP contribution in [0.3, 0.4) is 0 Å². The van der Waals surface area contributed by atoms with E-state index >= 15 is 0 Å². The van der Waals surface area contributed by atoms with Gasteiger partial charge in [0.15, 0.2) is 0 Å². The number of carbonyl (C=O) groups excluding carboxylic acids is 1. The van der Waals surface area contributed by atoms with Crippen molar-refractivity contribution in [2.45, 2.75) is 24.8 Å². The van der Waals surface area contributed by atoms with Crippen molar-refractivity contribution in [2.24, 2.45) is 5.41 Å². The van der Waals surface area contributed by atoms with E-state index < -0.39 is 5.69 Å². The predicted octanol–water partition coefficient (Wildman–Crippen LogP) is 0.303. The fraction of sp³-hybridized carbons (Fsp3) is 0.583. The number of nitrogens with zero attached hydrogens (tertiary/aromatic N) is 1. The van der Waals surface area contributed by atoms with Crippen molar-refractivity contribution in [2.75, 3.05) is 19.4 Å². The predicted molar refractivity (Wildman–Crippen MR) is 72.5 cm³/mol. The Morgan fingerprint density at radius 2 is 2.26 bits per heavy atom. The number of hydrogen-bond donors (Lipinski definition) is 3. The van der Waals surface area contributed by atoms with Crippen LogP contribution in [0, 0.1) is 12.3 Å². The lowest BCUT2D eigenvalue weighted by Crippen LogP contribution is -2.33. The fourth-order valence-corrected chi connectivity index (χ4v) is 2.52. The Morgan fingerprint density at radius 1 is 1.58 bits per heavy atom. The number of aromatic nitrogens is 2. The maximum absolute atomic E-state index is 12.2. The SMILES string of the molecule is CSc1nc(=O)[nH]c(C)c1C(=O)NCC1(CO)CC1. The Kier molecular flexibility index (Phi) is 3.96. The maximum Gasteiger partial charge on any atom is 0.346 e. The number of carbonyl (C=O) groups is 1. The second-order valence-corrected chi connectivity index (χ2v) is 5.69. The van der Waals surface area contributed by atoms with E-state index in [9.17, 15) is 14.7 Å². The summed E-state index contributed by atoms with van der Waals surface area (Å²) >= 11 is 1.27. The van der Waals surface area contributed by atoms with Gasteiger partial charge in [0, 0.05) is 17.7 Å². The zero-order chi connectivity index (χ0) is 14.0. The number of rotatable bonds is 5. The van der Waals surface area contributed by atoms with E-state index in [0.717, 1.165) is 12.8 Å². The van der Waals surface area contributed by atoms with E-state index in [-0.39, 0.29) is 17.9 Å². The van der Waals surface area contributed by atoms with Crippen LogP contribution in [-0.2, 0) is 0 Å². The van der Waals surface area contributed by atoms with Gasteiger partial charge in [-0.05, 0) is 26.0 Å². The molecule has 0 spiro atoms. The molecule has 0 bridgehead atoms. The first-order chi connectivity index (χ1) is 9.01. The second-order valence-electron chi connectivity index (χ2n) is 4.89. The summed E-state index contributed by atoms with van der Waals surface area (Å²) in [5.74, 6) is -0.259. The molecule has 1 aromatic heterocycles. The minimum atomic E-state index is -0.451. The van der Waals surface area contributed by atoms with Gasteiger partial charge in [0.2, 0.25) is 0 Å². The molecule has 1 aliphatic rings. The average molecular weight is 283 g/mol. The molecule has 3 N–H and O–H groups in total. The van der Waals surface area contributed by atoms with E-state index in [0.29, 0.717) is 22.8 Å². The van der Waals surface area contributed by atoms with Gasteiger partial charge >= 0.3 is 5.69 Å². The Bertz CT molecular complexity index is 552. The number of H-pyrrole nitrogens is 1. The molecule has 2 rings (SSSR count). The highest BCUT2D eigenvalue weighted by Crippen LogP contribution is 2.44. The van der Waals surface area contributed by atoms with Gasteiger partial charge in [-0.3, -0.25) is 4.79 Å². The fourth-order valence-electron chi connectivity index (χ4n) is 1.90. The smallest absolute Gasteiger partial charge is 0.346 e. The largest absolute Gasteiger partial charge is 0.396 e. The molecule has 0 unspecified atom stereocenters. The third kappa shape index (κ3) is 2.98. The van der Waals surface area contributed by atoms with Crippen molar-refractivity contribution < 1.29 is 9.90 Å². The molecule has 19 heavy (non-hydrogen) atoms. The lowest BCUT2D eigenvalue weighted by molar-refractivity contribution is 0.0930. The van der Waals surface area contributed by atoms with Crippen LogP contribution in [0.2, 0.25) is 0 Å². The van der Waals surface area contributed by atoms with Crippen LogP contribution in [-0.4, -0.2) is 40.4 Å². The van der Waals surface area contributed by atoms with Gasteiger partial charge in [-0.15, -0.1) is 11.8 Å². The van der Waals surface area contributed by atoms with E-state index in [1.165, 1.54) is 11.8 Å². The number of aryl methyl sites for hydroxylation is 1. The van der Waals surface area contributed by atoms with Gasteiger partial charge in [-0.25, -0.2) is 4.79 Å². The van der Waals surface area contributed by atoms with Gasteiger partial charge in [0.25, 0.3) is 5.91 Å². The van der Waals surface area contributed by atoms with Crippen molar-refractivity contribution in [3.05, 3.63) is 21.7 Å². The molecule has 0 aliphatic heterocycles. The molecule has 0 saturated heterocycles. The van der Waals surface area contributed by atoms with Crippen molar-refractivity contribution in [1.82, 2.24) is 15.3 Å². The van der Waals surface area contributed by atoms with Gasteiger partial charge < -0.3 is 15.4 Å². The molecule has 0 aromatic carbocycles. The number of aliphatic hydroxyl groups is 1. The Morgan fingerprint density at radius 3 is 2.79 bits per heavy atom. The number of aliphatic hydroxyl groups excluding tert-OH is 1. The molecule has 1 amide bonds. The van der Waals surface area contributed by atoms with Crippen LogP contribution < -0.4 is 11.0 Å². The zero-order valence-corrected chi connectivity index (χ0v) is 11.8. The van der Waals surface area contributed by atoms with E-state index in [4.69, 9.17) is 0 Å². The van der Waals surface area contributed by atoms with E-state index in [1.54, 1.807) is 13.2 Å². The molecule has 1 heterocycles. The minimum absolute atomic E-state index is 0.0888. The van der Waals surface area contributed by atoms with Crippen LogP contribution in [0.25, 0.3) is 0 Å². The summed E-state index contributed by atoms with van der Waals surface area (Å²) in [6, 6.07) is 0. The molecule has 1 aromatic rings. The minimum Gasteiger partial charge on any atom is -0.396 e. The highest BCUT2D eigenvalue weighted by Gasteiger charge is 2.42. The monoisotopic (exact) mass is 283 g/mol. The summed E-state index contributed by atoms with van der Waals surface area (Å²) in [5.41, 5.74) is 0.322. The van der Waals surface area contributed by atoms with E-state index in [2.05, 4.69) is 15.3 Å². The number of thioether (sulfide) groups is 1. The molecule has 104 valence electrons. The summed E-state index contributed by atoms with van der Waals surface area (Å²) in [5, 5.41) is 12.5. The first-order valence-corrected chi connectivity index (χ1v) is 7.28. The first kappa shape index (κ1) is 14.1. The number of nitrogens with one attached hydrogen (secondary N) is 2. The topological polar surface area (TPSA) is 95.1 Å². The highest BCUT2D eigenvalue weighted by molar-refractivity contribution is 7.98. The van der Waals surface area contributed by atoms with Crippen LogP contribution in [0.4, 0.5) is 0 Å². The standard InChI is InChI=1S/C12H17N3O3S/c1-7-8(10(19-2)15-11(18)14-7)9(17)13-5-12(6-16)3-4-12/h16H,3-6H2,1-2H3,(H,13,17)(H,14,15,18). The molecule has 1 saturated carbocycles. The molecule has 7 heteroatoms. The molecule has 1 fully saturated rings. The maximum atomic E-state index is 12.2. The summed E-state index contributed by atoms with van der Waals surface area (Å²) in [4.78, 5) is 29.8. The zero-order valence-electron chi connectivity index (χ0n) is 10.9. The van der Waals surface area contributed by atoms with Crippen molar-refractivity contribution in [3.63, 3.8) is 0 Å². The Hall–Kier alpha value is -1.34. The Labute approximate surface area is 115 Å². The van der Waals surface area contributed by atoms with Gasteiger partial charge in [0.05, 0.1) is 12.2 Å². The van der Waals surface area contributed by atoms with Crippen molar-refractivity contribution in [3.8, 4) is 0 Å². The van der Waals surface area contributed by atoms with Crippen LogP contribution in [0.1, 0.15) is 28.9 Å². The number of aromatic amines is 1. The number of hydrogen-bond acceptors (Lipinski definition) is 5. The highest BCUT2D eigenvalue weighted by atomic mass is 32.2. The van der Waals surface area contributed by atoms with E-state index in [1.807, 2.05) is 0 Å². The summed E-state index contributed by atoms with van der Waals surface area (Å²) in [6.07, 6.45) is 3.64. The summed E-state index contributed by atoms with van der Waals surface area (Å²) in [7, 11) is 0. The molecule has 1 aliphatic carbocycles. The second kappa shape index (κ2) is 5.34. The molecule has 0 radical (unpaired) electrons. The van der Waals surface area contributed by atoms with Crippen LogP contribution in [0.15, 0.2) is 9.82 Å². The Balaban J connectivity index is 2.17. The first-order valence-electron chi connectivity index (χ1n) is 6.05.